The summed E-state index contributed by atoms with van der Waals surface area (Å²) in [5, 5.41) is 3.49. The van der Waals surface area contributed by atoms with Crippen LogP contribution in [0.1, 0.15) is 59.8 Å². The van der Waals surface area contributed by atoms with E-state index in [9.17, 15) is 0 Å². The Morgan fingerprint density at radius 2 is 1.88 bits per heavy atom. The molecule has 0 aromatic carbocycles. The van der Waals surface area contributed by atoms with Crippen LogP contribution in [0.5, 0.6) is 0 Å². The van der Waals surface area contributed by atoms with Crippen LogP contribution in [0.2, 0.25) is 0 Å². The number of aliphatic imine (C=N–C) groups is 1. The molecule has 0 radical (unpaired) electrons. The lowest BCUT2D eigenvalue weighted by Gasteiger charge is -2.38. The first-order chi connectivity index (χ1) is 11.7. The molecular weight excluding hydrogens is 427 g/mol. The maximum atomic E-state index is 5.77. The lowest BCUT2D eigenvalue weighted by molar-refractivity contribution is 0.0263. The fourth-order valence-corrected chi connectivity index (χ4v) is 3.99. The molecule has 2 fully saturated rings. The van der Waals surface area contributed by atoms with Crippen molar-refractivity contribution in [3.63, 3.8) is 0 Å². The molecule has 6 heteroatoms. The number of hydrogen-bond acceptors (Lipinski definition) is 3. The normalized spacial score (nSPS) is 24.7. The molecule has 2 heterocycles. The Hall–Kier alpha value is -0.0800. The lowest BCUT2D eigenvalue weighted by Crippen LogP contribution is -2.48. The number of ether oxygens (including phenoxy) is 1. The Morgan fingerprint density at radius 3 is 2.48 bits per heavy atom. The van der Waals surface area contributed by atoms with Crippen molar-refractivity contribution in [2.75, 3.05) is 39.3 Å². The van der Waals surface area contributed by atoms with E-state index in [2.05, 4.69) is 42.8 Å². The van der Waals surface area contributed by atoms with Crippen LogP contribution >= 0.6 is 24.0 Å². The molecule has 25 heavy (non-hydrogen) atoms. The number of nitrogens with zero attached hydrogens (tertiary/aromatic N) is 3. The summed E-state index contributed by atoms with van der Waals surface area (Å²) in [4.78, 5) is 10.0. The number of guanidine groups is 1. The van der Waals surface area contributed by atoms with E-state index in [1.54, 1.807) is 0 Å². The molecule has 0 saturated carbocycles. The van der Waals surface area contributed by atoms with Crippen LogP contribution in [0.25, 0.3) is 0 Å². The van der Waals surface area contributed by atoms with Crippen LogP contribution in [0.4, 0.5) is 0 Å². The van der Waals surface area contributed by atoms with Gasteiger partial charge in [-0.2, -0.15) is 0 Å². The van der Waals surface area contributed by atoms with E-state index >= 15 is 0 Å². The third-order valence-corrected chi connectivity index (χ3v) is 5.40. The van der Waals surface area contributed by atoms with E-state index in [4.69, 9.17) is 9.73 Å². The van der Waals surface area contributed by atoms with Gasteiger partial charge in [-0.05, 0) is 59.9 Å². The molecule has 2 atom stereocenters. The topological polar surface area (TPSA) is 40.1 Å². The van der Waals surface area contributed by atoms with Gasteiger partial charge in [-0.25, -0.2) is 0 Å². The zero-order valence-electron chi connectivity index (χ0n) is 16.7. The second kappa shape index (κ2) is 12.3. The van der Waals surface area contributed by atoms with Crippen molar-refractivity contribution in [1.82, 2.24) is 15.1 Å². The van der Waals surface area contributed by atoms with Gasteiger partial charge in [0.1, 0.15) is 0 Å². The molecule has 2 rings (SSSR count). The second-order valence-electron chi connectivity index (χ2n) is 7.27. The Morgan fingerprint density at radius 1 is 1.16 bits per heavy atom. The Balaban J connectivity index is 0.00000312. The molecule has 0 aromatic rings. The Labute approximate surface area is 172 Å². The van der Waals surface area contributed by atoms with Crippen LogP contribution in [0.15, 0.2) is 4.99 Å². The molecule has 0 bridgehead atoms. The molecule has 1 N–H and O–H groups in total. The van der Waals surface area contributed by atoms with Gasteiger partial charge in [0, 0.05) is 38.3 Å². The highest BCUT2D eigenvalue weighted by molar-refractivity contribution is 14.0. The summed E-state index contributed by atoms with van der Waals surface area (Å²) >= 11 is 0. The summed E-state index contributed by atoms with van der Waals surface area (Å²) in [6.45, 7) is 14.9. The fourth-order valence-electron chi connectivity index (χ4n) is 3.99. The highest BCUT2D eigenvalue weighted by Gasteiger charge is 2.24. The number of piperidine rings is 2. The molecule has 2 unspecified atom stereocenters. The van der Waals surface area contributed by atoms with Gasteiger partial charge >= 0.3 is 0 Å². The van der Waals surface area contributed by atoms with Crippen molar-refractivity contribution in [3.8, 4) is 0 Å². The molecule has 2 aliphatic rings. The minimum absolute atomic E-state index is 0. The monoisotopic (exact) mass is 466 g/mol. The highest BCUT2D eigenvalue weighted by atomic mass is 127. The molecule has 0 aliphatic carbocycles. The van der Waals surface area contributed by atoms with Crippen molar-refractivity contribution in [2.24, 2.45) is 4.99 Å². The zero-order valence-corrected chi connectivity index (χ0v) is 19.0. The van der Waals surface area contributed by atoms with E-state index < -0.39 is 0 Å². The molecule has 2 aliphatic heterocycles. The third kappa shape index (κ3) is 7.21. The minimum atomic E-state index is 0. The van der Waals surface area contributed by atoms with E-state index in [0.717, 1.165) is 51.6 Å². The molecule has 5 nitrogen and oxygen atoms in total. The van der Waals surface area contributed by atoms with Crippen LogP contribution in [-0.2, 0) is 4.74 Å². The smallest absolute Gasteiger partial charge is 0.193 e. The summed E-state index contributed by atoms with van der Waals surface area (Å²) in [5.41, 5.74) is 0. The SMILES string of the molecule is CCNC(=NCC(C)N1CCCCC1C)N1CCC(OCC)CC1.I. The Bertz CT molecular complexity index is 386. The van der Waals surface area contributed by atoms with Crippen LogP contribution in [-0.4, -0.2) is 73.3 Å². The average Bonchev–Trinajstić information content (AvgIpc) is 2.60. The van der Waals surface area contributed by atoms with E-state index in [1.165, 1.54) is 25.8 Å². The van der Waals surface area contributed by atoms with Crippen LogP contribution in [0.3, 0.4) is 0 Å². The van der Waals surface area contributed by atoms with E-state index in [1.807, 2.05) is 0 Å². The van der Waals surface area contributed by atoms with Gasteiger partial charge < -0.3 is 15.0 Å². The summed E-state index contributed by atoms with van der Waals surface area (Å²) in [6.07, 6.45) is 6.70. The minimum Gasteiger partial charge on any atom is -0.378 e. The van der Waals surface area contributed by atoms with Crippen molar-refractivity contribution in [2.45, 2.75) is 78.0 Å². The molecule has 0 spiro atoms. The first-order valence-electron chi connectivity index (χ1n) is 10.1. The molecular formula is C19H39IN4O. The van der Waals surface area contributed by atoms with Crippen molar-refractivity contribution < 1.29 is 4.74 Å². The summed E-state index contributed by atoms with van der Waals surface area (Å²) in [5.74, 6) is 1.09. The van der Waals surface area contributed by atoms with Crippen molar-refractivity contribution in [1.29, 1.82) is 0 Å². The molecule has 148 valence electrons. The second-order valence-corrected chi connectivity index (χ2v) is 7.27. The summed E-state index contributed by atoms with van der Waals surface area (Å²) < 4.78 is 5.77. The summed E-state index contributed by atoms with van der Waals surface area (Å²) in [6, 6.07) is 1.23. The third-order valence-electron chi connectivity index (χ3n) is 5.40. The van der Waals surface area contributed by atoms with Gasteiger partial charge in [0.2, 0.25) is 0 Å². The average molecular weight is 466 g/mol. The van der Waals surface area contributed by atoms with Gasteiger partial charge in [-0.3, -0.25) is 9.89 Å². The largest absolute Gasteiger partial charge is 0.378 e. The van der Waals surface area contributed by atoms with E-state index in [0.29, 0.717) is 18.2 Å². The maximum Gasteiger partial charge on any atom is 0.193 e. The zero-order chi connectivity index (χ0) is 17.4. The Kier molecular flexibility index (Phi) is 11.3. The van der Waals surface area contributed by atoms with E-state index in [-0.39, 0.29) is 24.0 Å². The number of hydrogen-bond donors (Lipinski definition) is 1. The van der Waals surface area contributed by atoms with Crippen molar-refractivity contribution >= 4 is 29.9 Å². The van der Waals surface area contributed by atoms with Gasteiger partial charge in [-0.1, -0.05) is 6.42 Å². The van der Waals surface area contributed by atoms with Gasteiger partial charge in [-0.15, -0.1) is 24.0 Å². The predicted molar refractivity (Wildman–Crippen MR) is 117 cm³/mol. The lowest BCUT2D eigenvalue weighted by atomic mass is 10.0. The molecule has 0 amide bonds. The molecule has 0 aromatic heterocycles. The number of rotatable bonds is 6. The first-order valence-corrected chi connectivity index (χ1v) is 10.1. The van der Waals surface area contributed by atoms with Crippen LogP contribution < -0.4 is 5.32 Å². The maximum absolute atomic E-state index is 5.77. The van der Waals surface area contributed by atoms with Gasteiger partial charge in [0.05, 0.1) is 12.6 Å². The molecule has 2 saturated heterocycles. The first kappa shape index (κ1) is 23.0. The van der Waals surface area contributed by atoms with Crippen molar-refractivity contribution in [3.05, 3.63) is 0 Å². The number of nitrogens with one attached hydrogen (secondary N) is 1. The highest BCUT2D eigenvalue weighted by Crippen LogP contribution is 2.19. The standard InChI is InChI=1S/C19H38N4O.HI/c1-5-20-19(22-13-10-18(11-14-22)24-6-2)21-15-17(4)23-12-8-7-9-16(23)3;/h16-18H,5-15H2,1-4H3,(H,20,21);1H. The van der Waals surface area contributed by atoms with Crippen LogP contribution in [0, 0.1) is 0 Å². The fraction of sp³-hybridized carbons (Fsp3) is 0.947. The summed E-state index contributed by atoms with van der Waals surface area (Å²) in [7, 11) is 0. The van der Waals surface area contributed by atoms with Gasteiger partial charge in [0.25, 0.3) is 0 Å². The van der Waals surface area contributed by atoms with Gasteiger partial charge in [0.15, 0.2) is 5.96 Å². The number of halogens is 1. The predicted octanol–water partition coefficient (Wildman–Crippen LogP) is 3.33. The quantitative estimate of drug-likeness (QED) is 0.371. The number of likely N-dealkylation sites (tertiary alicyclic amines) is 2.